The zero-order chi connectivity index (χ0) is 21.7. The van der Waals surface area contributed by atoms with Crippen LogP contribution in [0.5, 0.6) is 0 Å². The van der Waals surface area contributed by atoms with Crippen molar-refractivity contribution < 1.29 is 9.90 Å². The molecule has 0 radical (unpaired) electrons. The number of aromatic nitrogens is 4. The normalized spacial score (nSPS) is 11.3. The van der Waals surface area contributed by atoms with Crippen LogP contribution in [0, 0.1) is 0 Å². The summed E-state index contributed by atoms with van der Waals surface area (Å²) in [6.07, 6.45) is 1.50. The lowest BCUT2D eigenvalue weighted by Gasteiger charge is -2.21. The van der Waals surface area contributed by atoms with E-state index in [1.165, 1.54) is 12.3 Å². The van der Waals surface area contributed by atoms with Gasteiger partial charge in [-0.1, -0.05) is 29.8 Å². The lowest BCUT2D eigenvalue weighted by atomic mass is 10.1. The Morgan fingerprint density at radius 2 is 1.97 bits per heavy atom. The molecule has 0 bridgehead atoms. The highest BCUT2D eigenvalue weighted by atomic mass is 35.5. The second-order valence-corrected chi connectivity index (χ2v) is 7.73. The Morgan fingerprint density at radius 3 is 2.74 bits per heavy atom. The van der Waals surface area contributed by atoms with E-state index < -0.39 is 5.97 Å². The molecule has 0 saturated heterocycles. The van der Waals surface area contributed by atoms with Crippen LogP contribution in [0.3, 0.4) is 0 Å². The van der Waals surface area contributed by atoms with Crippen LogP contribution in [0.2, 0.25) is 5.02 Å². The molecule has 0 atom stereocenters. The van der Waals surface area contributed by atoms with Gasteiger partial charge in [0.2, 0.25) is 0 Å². The first-order valence-electron chi connectivity index (χ1n) is 9.60. The van der Waals surface area contributed by atoms with E-state index in [2.05, 4.69) is 14.9 Å². The molecular formula is C23H18ClN5O2. The Bertz CT molecular complexity index is 1470. The summed E-state index contributed by atoms with van der Waals surface area (Å²) in [4.78, 5) is 21.1. The number of hydrogen-bond donors (Lipinski definition) is 2. The third-order valence-corrected chi connectivity index (χ3v) is 5.64. The van der Waals surface area contributed by atoms with Gasteiger partial charge in [-0.05, 0) is 36.4 Å². The number of halogens is 1. The molecule has 31 heavy (non-hydrogen) atoms. The van der Waals surface area contributed by atoms with Crippen molar-refractivity contribution in [3.05, 3.63) is 71.4 Å². The maximum absolute atomic E-state index is 11.6. The van der Waals surface area contributed by atoms with Gasteiger partial charge in [0.05, 0.1) is 33.5 Å². The number of pyridine rings is 1. The van der Waals surface area contributed by atoms with Crippen LogP contribution in [0.4, 0.5) is 11.4 Å². The number of nitrogens with zero attached hydrogens (tertiary/aromatic N) is 4. The average molecular weight is 432 g/mol. The van der Waals surface area contributed by atoms with Crippen molar-refractivity contribution in [2.45, 2.75) is 0 Å². The predicted octanol–water partition coefficient (Wildman–Crippen LogP) is 5.24. The van der Waals surface area contributed by atoms with Gasteiger partial charge in [0.25, 0.3) is 0 Å². The number of carbonyl (C=O) groups is 1. The number of aromatic carboxylic acids is 1. The zero-order valence-corrected chi connectivity index (χ0v) is 17.6. The summed E-state index contributed by atoms with van der Waals surface area (Å²) in [5.74, 6) is -1.00. The predicted molar refractivity (Wildman–Crippen MR) is 122 cm³/mol. The lowest BCUT2D eigenvalue weighted by Crippen LogP contribution is -2.10. The van der Waals surface area contributed by atoms with Crippen molar-refractivity contribution in [2.24, 2.45) is 7.05 Å². The second-order valence-electron chi connectivity index (χ2n) is 7.29. The van der Waals surface area contributed by atoms with Gasteiger partial charge in [-0.15, -0.1) is 0 Å². The van der Waals surface area contributed by atoms with Crippen LogP contribution in [0.1, 0.15) is 10.4 Å². The van der Waals surface area contributed by atoms with Crippen molar-refractivity contribution in [3.8, 4) is 11.4 Å². The smallest absolute Gasteiger partial charge is 0.337 e. The molecule has 2 N–H and O–H groups in total. The third kappa shape index (κ3) is 3.10. The van der Waals surface area contributed by atoms with Gasteiger partial charge in [-0.25, -0.2) is 4.79 Å². The summed E-state index contributed by atoms with van der Waals surface area (Å²) in [5, 5.41) is 15.8. The van der Waals surface area contributed by atoms with Gasteiger partial charge in [0.15, 0.2) is 0 Å². The van der Waals surface area contributed by atoms with Crippen LogP contribution < -0.4 is 4.90 Å². The number of aromatic amines is 1. The SMILES string of the molecule is CN(c1cccc(Cl)c1)c1cccc2c(-c3cc4nccc(C(=O)O)c4[nH]3)nn(C)c12. The molecule has 2 aromatic carbocycles. The number of carboxylic acid groups (broad SMARTS) is 1. The Labute approximate surface area is 182 Å². The number of H-pyrrole nitrogens is 1. The minimum atomic E-state index is -1.00. The topological polar surface area (TPSA) is 87.0 Å². The number of nitrogens with one attached hydrogen (secondary N) is 1. The number of benzene rings is 2. The Balaban J connectivity index is 1.69. The molecule has 3 heterocycles. The van der Waals surface area contributed by atoms with Gasteiger partial charge in [-0.2, -0.15) is 5.10 Å². The second kappa shape index (κ2) is 7.14. The summed E-state index contributed by atoms with van der Waals surface area (Å²) in [6.45, 7) is 0. The first-order chi connectivity index (χ1) is 14.9. The van der Waals surface area contributed by atoms with E-state index in [9.17, 15) is 9.90 Å². The standard InChI is InChI=1S/C23H18ClN5O2/c1-28(14-6-3-5-13(24)11-14)19-8-4-7-15-21(27-29(2)22(15)19)18-12-17-20(26-18)16(23(30)31)9-10-25-17/h3-12,26H,1-2H3,(H,30,31). The van der Waals surface area contributed by atoms with Crippen LogP contribution in [0.15, 0.2) is 60.8 Å². The molecule has 0 aliphatic carbocycles. The highest BCUT2D eigenvalue weighted by Crippen LogP contribution is 2.36. The number of rotatable bonds is 4. The molecule has 7 nitrogen and oxygen atoms in total. The van der Waals surface area contributed by atoms with Crippen LogP contribution in [-0.2, 0) is 7.05 Å². The Kier molecular flexibility index (Phi) is 4.41. The van der Waals surface area contributed by atoms with E-state index in [0.29, 0.717) is 21.7 Å². The fraction of sp³-hybridized carbons (Fsp3) is 0.0870. The minimum absolute atomic E-state index is 0.179. The number of anilines is 2. The number of aryl methyl sites for hydroxylation is 1. The monoisotopic (exact) mass is 431 g/mol. The maximum Gasteiger partial charge on any atom is 0.337 e. The summed E-state index contributed by atoms with van der Waals surface area (Å²) >= 11 is 6.19. The fourth-order valence-corrected chi connectivity index (χ4v) is 4.13. The van der Waals surface area contributed by atoms with Crippen molar-refractivity contribution in [2.75, 3.05) is 11.9 Å². The highest BCUT2D eigenvalue weighted by Gasteiger charge is 2.19. The molecule has 0 spiro atoms. The Hall–Kier alpha value is -3.84. The van der Waals surface area contributed by atoms with Crippen molar-refractivity contribution >= 4 is 50.9 Å². The quantitative estimate of drug-likeness (QED) is 0.406. The molecule has 0 aliphatic rings. The van der Waals surface area contributed by atoms with E-state index in [1.54, 1.807) is 0 Å². The molecule has 154 valence electrons. The first-order valence-corrected chi connectivity index (χ1v) is 9.98. The number of fused-ring (bicyclic) bond motifs is 2. The average Bonchev–Trinajstić information content (AvgIpc) is 3.34. The Morgan fingerprint density at radius 1 is 1.16 bits per heavy atom. The first kappa shape index (κ1) is 19.1. The van der Waals surface area contributed by atoms with Crippen LogP contribution in [-0.4, -0.2) is 37.9 Å². The molecule has 0 amide bonds. The molecule has 3 aromatic heterocycles. The minimum Gasteiger partial charge on any atom is -0.478 e. The third-order valence-electron chi connectivity index (χ3n) is 5.41. The number of hydrogen-bond acceptors (Lipinski definition) is 4. The molecule has 0 saturated carbocycles. The van der Waals surface area contributed by atoms with Gasteiger partial charge in [0, 0.05) is 36.4 Å². The summed E-state index contributed by atoms with van der Waals surface area (Å²) in [5.41, 5.74) is 5.57. The molecule has 0 unspecified atom stereocenters. The van der Waals surface area contributed by atoms with Crippen molar-refractivity contribution in [3.63, 3.8) is 0 Å². The van der Waals surface area contributed by atoms with Gasteiger partial charge < -0.3 is 15.0 Å². The summed E-state index contributed by atoms with van der Waals surface area (Å²) in [6, 6.07) is 17.0. The molecule has 0 fully saturated rings. The molecule has 5 rings (SSSR count). The number of carboxylic acids is 1. The molecule has 8 heteroatoms. The van der Waals surface area contributed by atoms with E-state index in [4.69, 9.17) is 16.7 Å². The van der Waals surface area contributed by atoms with Crippen molar-refractivity contribution in [1.29, 1.82) is 0 Å². The summed E-state index contributed by atoms with van der Waals surface area (Å²) in [7, 11) is 3.88. The molecule has 5 aromatic rings. The van der Waals surface area contributed by atoms with Crippen LogP contribution in [0.25, 0.3) is 33.3 Å². The lowest BCUT2D eigenvalue weighted by molar-refractivity contribution is 0.0698. The number of para-hydroxylation sites is 1. The van der Waals surface area contributed by atoms with Gasteiger partial charge >= 0.3 is 5.97 Å². The summed E-state index contributed by atoms with van der Waals surface area (Å²) < 4.78 is 1.83. The van der Waals surface area contributed by atoms with E-state index in [0.717, 1.165) is 28.0 Å². The van der Waals surface area contributed by atoms with E-state index in [-0.39, 0.29) is 5.56 Å². The maximum atomic E-state index is 11.6. The zero-order valence-electron chi connectivity index (χ0n) is 16.8. The largest absolute Gasteiger partial charge is 0.478 e. The fourth-order valence-electron chi connectivity index (χ4n) is 3.94. The molecular weight excluding hydrogens is 414 g/mol. The molecule has 0 aliphatic heterocycles. The van der Waals surface area contributed by atoms with Gasteiger partial charge in [0.1, 0.15) is 5.69 Å². The van der Waals surface area contributed by atoms with E-state index >= 15 is 0 Å². The van der Waals surface area contributed by atoms with Crippen LogP contribution >= 0.6 is 11.6 Å². The van der Waals surface area contributed by atoms with E-state index in [1.807, 2.05) is 67.3 Å². The highest BCUT2D eigenvalue weighted by molar-refractivity contribution is 6.30. The van der Waals surface area contributed by atoms with Crippen molar-refractivity contribution in [1.82, 2.24) is 19.7 Å². The van der Waals surface area contributed by atoms with Gasteiger partial charge in [-0.3, -0.25) is 9.67 Å².